The lowest BCUT2D eigenvalue weighted by atomic mass is 10.1. The van der Waals surface area contributed by atoms with Crippen molar-refractivity contribution in [2.75, 3.05) is 14.2 Å². The fraction of sp³-hybridized carbons (Fsp3) is 0.211. The van der Waals surface area contributed by atoms with Crippen molar-refractivity contribution in [3.05, 3.63) is 47.7 Å². The van der Waals surface area contributed by atoms with Gasteiger partial charge in [-0.1, -0.05) is 0 Å². The summed E-state index contributed by atoms with van der Waals surface area (Å²) in [5.74, 6) is 1.36. The Bertz CT molecular complexity index is 923. The molecule has 3 aromatic rings. The van der Waals surface area contributed by atoms with Crippen LogP contribution in [0.2, 0.25) is 0 Å². The number of hydrogen-bond donors (Lipinski definition) is 1. The van der Waals surface area contributed by atoms with Gasteiger partial charge in [-0.25, -0.2) is 0 Å². The summed E-state index contributed by atoms with van der Waals surface area (Å²) < 4.78 is 12.8. The first-order chi connectivity index (χ1) is 11.5. The maximum Gasteiger partial charge on any atom is 0.162 e. The number of benzene rings is 2. The second-order valence-corrected chi connectivity index (χ2v) is 5.59. The van der Waals surface area contributed by atoms with E-state index in [9.17, 15) is 9.90 Å². The lowest BCUT2D eigenvalue weighted by Gasteiger charge is -2.11. The molecule has 5 heteroatoms. The number of ether oxygens (including phenoxy) is 2. The van der Waals surface area contributed by atoms with Crippen LogP contribution in [0, 0.1) is 6.92 Å². The highest BCUT2D eigenvalue weighted by molar-refractivity contribution is 6.09. The Morgan fingerprint density at radius 1 is 1.04 bits per heavy atom. The first-order valence-corrected chi connectivity index (χ1v) is 7.55. The molecule has 0 aliphatic carbocycles. The quantitative estimate of drug-likeness (QED) is 0.740. The molecule has 0 aliphatic heterocycles. The molecule has 1 aromatic heterocycles. The van der Waals surface area contributed by atoms with Crippen molar-refractivity contribution in [1.82, 2.24) is 4.57 Å². The Labute approximate surface area is 140 Å². The summed E-state index contributed by atoms with van der Waals surface area (Å²) in [4.78, 5) is 12.2. The standard InChI is InChI=1S/C19H19NO4/c1-11-19(12(2)21)15-9-17(23-3)18(24-4)10-16(15)20(11)13-5-7-14(22)8-6-13/h5-10,22H,1-4H3. The van der Waals surface area contributed by atoms with Crippen molar-refractivity contribution in [2.45, 2.75) is 13.8 Å². The third kappa shape index (κ3) is 2.38. The second kappa shape index (κ2) is 5.92. The van der Waals surface area contributed by atoms with Crippen LogP contribution >= 0.6 is 0 Å². The zero-order chi connectivity index (χ0) is 17.4. The predicted molar refractivity (Wildman–Crippen MR) is 92.8 cm³/mol. The van der Waals surface area contributed by atoms with E-state index in [0.717, 1.165) is 22.3 Å². The van der Waals surface area contributed by atoms with Gasteiger partial charge in [0.1, 0.15) is 5.75 Å². The minimum Gasteiger partial charge on any atom is -0.508 e. The first kappa shape index (κ1) is 15.9. The first-order valence-electron chi connectivity index (χ1n) is 7.55. The summed E-state index contributed by atoms with van der Waals surface area (Å²) in [5.41, 5.74) is 3.19. The van der Waals surface area contributed by atoms with Crippen LogP contribution in [0.5, 0.6) is 17.2 Å². The molecular weight excluding hydrogens is 306 g/mol. The van der Waals surface area contributed by atoms with E-state index in [1.165, 1.54) is 0 Å². The summed E-state index contributed by atoms with van der Waals surface area (Å²) in [6, 6.07) is 10.5. The van der Waals surface area contributed by atoms with E-state index in [4.69, 9.17) is 9.47 Å². The van der Waals surface area contributed by atoms with Gasteiger partial charge in [0.2, 0.25) is 0 Å². The molecule has 1 heterocycles. The molecule has 0 unspecified atom stereocenters. The molecule has 0 saturated heterocycles. The molecule has 0 bridgehead atoms. The van der Waals surface area contributed by atoms with Gasteiger partial charge in [-0.15, -0.1) is 0 Å². The van der Waals surface area contributed by atoms with E-state index in [1.54, 1.807) is 33.3 Å². The number of rotatable bonds is 4. The Balaban J connectivity index is 2.42. The fourth-order valence-corrected chi connectivity index (χ4v) is 3.12. The van der Waals surface area contributed by atoms with Gasteiger partial charge in [0.15, 0.2) is 17.3 Å². The van der Waals surface area contributed by atoms with Crippen molar-refractivity contribution in [2.24, 2.45) is 0 Å². The zero-order valence-corrected chi connectivity index (χ0v) is 14.1. The summed E-state index contributed by atoms with van der Waals surface area (Å²) in [7, 11) is 3.15. The Morgan fingerprint density at radius 2 is 1.62 bits per heavy atom. The largest absolute Gasteiger partial charge is 0.508 e. The van der Waals surface area contributed by atoms with Gasteiger partial charge < -0.3 is 19.1 Å². The zero-order valence-electron chi connectivity index (χ0n) is 14.1. The van der Waals surface area contributed by atoms with Crippen molar-refractivity contribution in [3.63, 3.8) is 0 Å². The molecule has 0 radical (unpaired) electrons. The molecule has 124 valence electrons. The van der Waals surface area contributed by atoms with Crippen LogP contribution in [-0.4, -0.2) is 29.7 Å². The van der Waals surface area contributed by atoms with E-state index in [2.05, 4.69) is 0 Å². The monoisotopic (exact) mass is 325 g/mol. The van der Waals surface area contributed by atoms with E-state index < -0.39 is 0 Å². The molecule has 0 spiro atoms. The van der Waals surface area contributed by atoms with Crippen LogP contribution in [0.25, 0.3) is 16.6 Å². The molecule has 2 aromatic carbocycles. The lowest BCUT2D eigenvalue weighted by Crippen LogP contribution is -1.99. The molecule has 0 saturated carbocycles. The van der Waals surface area contributed by atoms with Gasteiger partial charge in [-0.3, -0.25) is 4.79 Å². The van der Waals surface area contributed by atoms with Crippen LogP contribution < -0.4 is 9.47 Å². The number of phenols is 1. The number of nitrogens with zero attached hydrogens (tertiary/aromatic N) is 1. The summed E-state index contributed by atoms with van der Waals surface area (Å²) in [5, 5.41) is 10.3. The number of aromatic nitrogens is 1. The average molecular weight is 325 g/mol. The summed E-state index contributed by atoms with van der Waals surface area (Å²) in [6.45, 7) is 3.46. The number of Topliss-reactive ketones (excluding diaryl/α,β-unsaturated/α-hetero) is 1. The topological polar surface area (TPSA) is 60.7 Å². The molecule has 3 rings (SSSR count). The maximum atomic E-state index is 12.2. The smallest absolute Gasteiger partial charge is 0.162 e. The highest BCUT2D eigenvalue weighted by Crippen LogP contribution is 2.38. The molecule has 0 amide bonds. The minimum absolute atomic E-state index is 0.0118. The highest BCUT2D eigenvalue weighted by Gasteiger charge is 2.21. The number of hydrogen-bond acceptors (Lipinski definition) is 4. The molecular formula is C19H19NO4. The number of aromatic hydroxyl groups is 1. The highest BCUT2D eigenvalue weighted by atomic mass is 16.5. The van der Waals surface area contributed by atoms with Crippen LogP contribution in [0.1, 0.15) is 23.0 Å². The number of carbonyl (C=O) groups is 1. The van der Waals surface area contributed by atoms with E-state index in [1.807, 2.05) is 35.8 Å². The van der Waals surface area contributed by atoms with Gasteiger partial charge in [-0.05, 0) is 44.2 Å². The molecule has 1 N–H and O–H groups in total. The van der Waals surface area contributed by atoms with Crippen molar-refractivity contribution in [3.8, 4) is 22.9 Å². The predicted octanol–water partition coefficient (Wildman–Crippen LogP) is 3.86. The average Bonchev–Trinajstić information content (AvgIpc) is 2.85. The van der Waals surface area contributed by atoms with Gasteiger partial charge in [-0.2, -0.15) is 0 Å². The van der Waals surface area contributed by atoms with Crippen molar-refractivity contribution >= 4 is 16.7 Å². The third-order valence-corrected chi connectivity index (χ3v) is 4.17. The number of ketones is 1. The van der Waals surface area contributed by atoms with Crippen LogP contribution in [0.15, 0.2) is 36.4 Å². The number of phenolic OH excluding ortho intramolecular Hbond substituents is 1. The van der Waals surface area contributed by atoms with Crippen molar-refractivity contribution < 1.29 is 19.4 Å². The normalized spacial score (nSPS) is 10.8. The molecule has 0 fully saturated rings. The van der Waals surface area contributed by atoms with E-state index in [-0.39, 0.29) is 11.5 Å². The van der Waals surface area contributed by atoms with Gasteiger partial charge in [0.25, 0.3) is 0 Å². The summed E-state index contributed by atoms with van der Waals surface area (Å²) >= 11 is 0. The van der Waals surface area contributed by atoms with Gasteiger partial charge >= 0.3 is 0 Å². The molecule has 5 nitrogen and oxygen atoms in total. The third-order valence-electron chi connectivity index (χ3n) is 4.17. The van der Waals surface area contributed by atoms with Crippen LogP contribution in [-0.2, 0) is 0 Å². The number of methoxy groups -OCH3 is 2. The van der Waals surface area contributed by atoms with E-state index in [0.29, 0.717) is 17.1 Å². The number of fused-ring (bicyclic) bond motifs is 1. The van der Waals surface area contributed by atoms with Gasteiger partial charge in [0, 0.05) is 28.4 Å². The molecule has 0 atom stereocenters. The summed E-state index contributed by atoms with van der Waals surface area (Å²) in [6.07, 6.45) is 0. The molecule has 0 aliphatic rings. The second-order valence-electron chi connectivity index (χ2n) is 5.59. The number of carbonyl (C=O) groups excluding carboxylic acids is 1. The Hall–Kier alpha value is -2.95. The molecule has 24 heavy (non-hydrogen) atoms. The van der Waals surface area contributed by atoms with Crippen LogP contribution in [0.4, 0.5) is 0 Å². The van der Waals surface area contributed by atoms with Gasteiger partial charge in [0.05, 0.1) is 19.7 Å². The minimum atomic E-state index is -0.0118. The Kier molecular flexibility index (Phi) is 3.93. The maximum absolute atomic E-state index is 12.2. The Morgan fingerprint density at radius 3 is 2.17 bits per heavy atom. The van der Waals surface area contributed by atoms with Crippen molar-refractivity contribution in [1.29, 1.82) is 0 Å². The fourth-order valence-electron chi connectivity index (χ4n) is 3.12. The SMILES string of the molecule is COc1cc2c(C(C)=O)c(C)n(-c3ccc(O)cc3)c2cc1OC. The lowest BCUT2D eigenvalue weighted by molar-refractivity contribution is 0.101. The van der Waals surface area contributed by atoms with Crippen LogP contribution in [0.3, 0.4) is 0 Å². The van der Waals surface area contributed by atoms with E-state index >= 15 is 0 Å².